The molecule has 0 aliphatic carbocycles. The number of carbonyl (C=O) groups excluding carboxylic acids is 1. The van der Waals surface area contributed by atoms with Gasteiger partial charge in [0.15, 0.2) is 0 Å². The summed E-state index contributed by atoms with van der Waals surface area (Å²) in [5.41, 5.74) is 10.1. The quantitative estimate of drug-likeness (QED) is 0.718. The van der Waals surface area contributed by atoms with Gasteiger partial charge in [0.1, 0.15) is 6.33 Å². The van der Waals surface area contributed by atoms with Gasteiger partial charge in [-0.1, -0.05) is 36.9 Å². The third kappa shape index (κ3) is 3.67. The molecule has 142 valence electrons. The zero-order valence-corrected chi connectivity index (χ0v) is 15.6. The Balaban J connectivity index is 1.48. The van der Waals surface area contributed by atoms with Crippen molar-refractivity contribution in [2.75, 3.05) is 18.0 Å². The van der Waals surface area contributed by atoms with Crippen LogP contribution in [0.15, 0.2) is 61.6 Å². The van der Waals surface area contributed by atoms with Gasteiger partial charge >= 0.3 is 0 Å². The number of nitrogens with one attached hydrogen (secondary N) is 1. The van der Waals surface area contributed by atoms with E-state index in [1.54, 1.807) is 0 Å². The number of amides is 1. The summed E-state index contributed by atoms with van der Waals surface area (Å²) in [4.78, 5) is 23.2. The predicted octanol–water partition coefficient (Wildman–Crippen LogP) is 2.50. The summed E-state index contributed by atoms with van der Waals surface area (Å²) in [7, 11) is 0. The number of benzene rings is 2. The van der Waals surface area contributed by atoms with E-state index in [0.717, 1.165) is 47.2 Å². The van der Waals surface area contributed by atoms with Crippen LogP contribution in [0.3, 0.4) is 0 Å². The highest BCUT2D eigenvalue weighted by molar-refractivity contribution is 5.98. The number of rotatable bonds is 5. The van der Waals surface area contributed by atoms with Crippen molar-refractivity contribution in [3.8, 4) is 0 Å². The Morgan fingerprint density at radius 2 is 2.07 bits per heavy atom. The number of anilines is 1. The Morgan fingerprint density at radius 3 is 2.86 bits per heavy atom. The molecule has 6 nitrogen and oxygen atoms in total. The van der Waals surface area contributed by atoms with Crippen LogP contribution in [-0.4, -0.2) is 35.0 Å². The molecule has 1 aliphatic rings. The van der Waals surface area contributed by atoms with Gasteiger partial charge in [0, 0.05) is 47.7 Å². The molecule has 2 heterocycles. The fourth-order valence-corrected chi connectivity index (χ4v) is 3.75. The first kappa shape index (κ1) is 18.0. The van der Waals surface area contributed by atoms with Crippen LogP contribution in [0.25, 0.3) is 16.6 Å². The normalized spacial score (nSPS) is 16.3. The molecule has 1 aliphatic heterocycles. The van der Waals surface area contributed by atoms with Gasteiger partial charge in [0.25, 0.3) is 0 Å². The van der Waals surface area contributed by atoms with E-state index < -0.39 is 0 Å². The molecular formula is C22H23N5O. The summed E-state index contributed by atoms with van der Waals surface area (Å²) in [6.07, 6.45) is 4.64. The number of hydrogen-bond donors (Lipinski definition) is 2. The molecule has 28 heavy (non-hydrogen) atoms. The first-order valence-electron chi connectivity index (χ1n) is 9.37. The first-order chi connectivity index (χ1) is 13.6. The van der Waals surface area contributed by atoms with Crippen molar-refractivity contribution in [3.63, 3.8) is 0 Å². The van der Waals surface area contributed by atoms with E-state index in [-0.39, 0.29) is 11.9 Å². The summed E-state index contributed by atoms with van der Waals surface area (Å²) in [5.74, 6) is 0.0565. The lowest BCUT2D eigenvalue weighted by atomic mass is 10.1. The molecule has 0 spiro atoms. The highest BCUT2D eigenvalue weighted by atomic mass is 16.1. The first-order valence-corrected chi connectivity index (χ1v) is 9.37. The van der Waals surface area contributed by atoms with Gasteiger partial charge in [-0.25, -0.2) is 9.97 Å². The van der Waals surface area contributed by atoms with Crippen molar-refractivity contribution in [2.24, 2.45) is 5.73 Å². The van der Waals surface area contributed by atoms with E-state index in [1.165, 1.54) is 6.33 Å². The number of hydrogen-bond acceptors (Lipinski definition) is 5. The number of aromatic nitrogens is 2. The Labute approximate surface area is 164 Å². The van der Waals surface area contributed by atoms with E-state index in [4.69, 9.17) is 5.73 Å². The molecular weight excluding hydrogens is 350 g/mol. The minimum Gasteiger partial charge on any atom is -0.399 e. The second-order valence-electron chi connectivity index (χ2n) is 7.10. The van der Waals surface area contributed by atoms with E-state index in [1.807, 2.05) is 48.7 Å². The zero-order valence-electron chi connectivity index (χ0n) is 15.6. The molecule has 1 fully saturated rings. The summed E-state index contributed by atoms with van der Waals surface area (Å²) in [6, 6.07) is 13.9. The molecule has 0 bridgehead atoms. The van der Waals surface area contributed by atoms with E-state index in [2.05, 4.69) is 26.8 Å². The molecule has 4 rings (SSSR count). The van der Waals surface area contributed by atoms with Crippen molar-refractivity contribution in [1.29, 1.82) is 0 Å². The fraction of sp³-hybridized carbons (Fsp3) is 0.227. The number of nitrogens with zero attached hydrogens (tertiary/aromatic N) is 3. The topological polar surface area (TPSA) is 84.1 Å². The summed E-state index contributed by atoms with van der Waals surface area (Å²) in [5, 5.41) is 4.11. The number of fused-ring (bicyclic) bond motifs is 1. The Kier molecular flexibility index (Phi) is 4.93. The van der Waals surface area contributed by atoms with Gasteiger partial charge in [-0.05, 0) is 24.1 Å². The predicted molar refractivity (Wildman–Crippen MR) is 112 cm³/mol. The van der Waals surface area contributed by atoms with Crippen LogP contribution in [0.1, 0.15) is 17.5 Å². The van der Waals surface area contributed by atoms with Gasteiger partial charge in [-0.15, -0.1) is 0 Å². The minimum absolute atomic E-state index is 0.0565. The summed E-state index contributed by atoms with van der Waals surface area (Å²) < 4.78 is 0. The Bertz CT molecular complexity index is 1020. The molecule has 1 aromatic heterocycles. The average Bonchev–Trinajstić information content (AvgIpc) is 3.15. The van der Waals surface area contributed by atoms with Crippen molar-refractivity contribution in [2.45, 2.75) is 18.9 Å². The third-order valence-corrected chi connectivity index (χ3v) is 5.10. The monoisotopic (exact) mass is 373 g/mol. The van der Waals surface area contributed by atoms with Crippen LogP contribution in [0.2, 0.25) is 0 Å². The van der Waals surface area contributed by atoms with Crippen molar-refractivity contribution in [1.82, 2.24) is 15.3 Å². The largest absolute Gasteiger partial charge is 0.399 e. The molecule has 1 atom stereocenters. The smallest absolute Gasteiger partial charge is 0.224 e. The molecule has 0 saturated carbocycles. The van der Waals surface area contributed by atoms with Crippen molar-refractivity contribution >= 4 is 28.2 Å². The highest BCUT2D eigenvalue weighted by Gasteiger charge is 2.25. The Morgan fingerprint density at radius 1 is 1.25 bits per heavy atom. The average molecular weight is 373 g/mol. The molecule has 6 heteroatoms. The van der Waals surface area contributed by atoms with Crippen LogP contribution in [0.5, 0.6) is 0 Å². The Hall–Kier alpha value is -3.41. The van der Waals surface area contributed by atoms with Gasteiger partial charge in [0.05, 0.1) is 11.9 Å². The molecule has 1 unspecified atom stereocenters. The zero-order chi connectivity index (χ0) is 19.5. The van der Waals surface area contributed by atoms with Crippen LogP contribution < -0.4 is 16.0 Å². The fourth-order valence-electron chi connectivity index (χ4n) is 3.75. The van der Waals surface area contributed by atoms with E-state index in [0.29, 0.717) is 12.1 Å². The molecule has 1 saturated heterocycles. The maximum atomic E-state index is 12.4. The molecule has 1 amide bonds. The van der Waals surface area contributed by atoms with Crippen LogP contribution in [0, 0.1) is 0 Å². The summed E-state index contributed by atoms with van der Waals surface area (Å²) in [6.45, 7) is 5.46. The van der Waals surface area contributed by atoms with Crippen LogP contribution >= 0.6 is 0 Å². The second kappa shape index (κ2) is 7.68. The van der Waals surface area contributed by atoms with Gasteiger partial charge < -0.3 is 16.0 Å². The van der Waals surface area contributed by atoms with E-state index >= 15 is 0 Å². The summed E-state index contributed by atoms with van der Waals surface area (Å²) >= 11 is 0. The number of carbonyl (C=O) groups is 1. The van der Waals surface area contributed by atoms with Crippen LogP contribution in [-0.2, 0) is 11.2 Å². The lowest BCUT2D eigenvalue weighted by Crippen LogP contribution is -2.38. The minimum atomic E-state index is 0.0565. The van der Waals surface area contributed by atoms with Crippen LogP contribution in [0.4, 0.5) is 5.69 Å². The SMILES string of the molecule is C=C(N)c1ccc(N2CCC(NC(=O)Cc3ccccc3)C2)c2cncnc12. The lowest BCUT2D eigenvalue weighted by molar-refractivity contribution is -0.121. The number of nitrogens with two attached hydrogens (primary N) is 1. The van der Waals surface area contributed by atoms with Crippen molar-refractivity contribution < 1.29 is 4.79 Å². The standard InChI is InChI=1S/C22H23N5O/c1-15(23)18-7-8-20(19-12-24-14-25-22(18)19)27-10-9-17(13-27)26-21(28)11-16-5-3-2-4-6-16/h2-8,12,14,17H,1,9-11,13,23H2,(H,26,28). The molecule has 3 aromatic rings. The molecule has 3 N–H and O–H groups in total. The maximum absolute atomic E-state index is 12.4. The van der Waals surface area contributed by atoms with Gasteiger partial charge in [-0.2, -0.15) is 0 Å². The lowest BCUT2D eigenvalue weighted by Gasteiger charge is -2.21. The van der Waals surface area contributed by atoms with E-state index in [9.17, 15) is 4.79 Å². The molecule has 2 aromatic carbocycles. The maximum Gasteiger partial charge on any atom is 0.224 e. The highest BCUT2D eigenvalue weighted by Crippen LogP contribution is 2.31. The van der Waals surface area contributed by atoms with Gasteiger partial charge in [-0.3, -0.25) is 4.79 Å². The third-order valence-electron chi connectivity index (χ3n) is 5.10. The molecule has 0 radical (unpaired) electrons. The second-order valence-corrected chi connectivity index (χ2v) is 7.10. The van der Waals surface area contributed by atoms with Crippen molar-refractivity contribution in [3.05, 3.63) is 72.7 Å². The van der Waals surface area contributed by atoms with Gasteiger partial charge in [0.2, 0.25) is 5.91 Å².